The SMILES string of the molecule is Cc1cc(C(=O)N(c2ccc(O)cc2)c2ccc3c(ccn3C)c2)cn1-c1cc2c(cc1C(=O)N1Cc3ccccc3C[C@H]1CN1CCCC1)OCO2. The minimum absolute atomic E-state index is 0.0116. The van der Waals surface area contributed by atoms with Crippen LogP contribution in [-0.4, -0.2) is 68.3 Å². The summed E-state index contributed by atoms with van der Waals surface area (Å²) in [5.41, 5.74) is 7.14. The lowest BCUT2D eigenvalue weighted by molar-refractivity contribution is 0.0593. The topological polar surface area (TPSA) is 92.4 Å². The number of aryl methyl sites for hydroxylation is 2. The van der Waals surface area contributed by atoms with Gasteiger partial charge in [-0.15, -0.1) is 0 Å². The normalized spacial score (nSPS) is 16.6. The summed E-state index contributed by atoms with van der Waals surface area (Å²) >= 11 is 0. The number of aromatic hydroxyl groups is 1. The number of likely N-dealkylation sites (tertiary alicyclic amines) is 1. The molecule has 0 saturated carbocycles. The molecule has 1 saturated heterocycles. The summed E-state index contributed by atoms with van der Waals surface area (Å²) in [6, 6.07) is 28.5. The number of amides is 2. The van der Waals surface area contributed by atoms with Crippen molar-refractivity contribution >= 4 is 34.1 Å². The van der Waals surface area contributed by atoms with Gasteiger partial charge in [0.15, 0.2) is 11.5 Å². The molecule has 0 spiro atoms. The number of ether oxygens (including phenoxy) is 2. The summed E-state index contributed by atoms with van der Waals surface area (Å²) in [5.74, 6) is 0.861. The molecule has 3 aliphatic rings. The second kappa shape index (κ2) is 13.2. The number of benzene rings is 4. The third-order valence-corrected chi connectivity index (χ3v) is 11.0. The Labute approximate surface area is 308 Å². The molecule has 2 amide bonds. The van der Waals surface area contributed by atoms with E-state index in [-0.39, 0.29) is 30.4 Å². The number of phenolic OH excluding ortho intramolecular Hbond substituents is 1. The maximum absolute atomic E-state index is 15.0. The molecule has 0 bridgehead atoms. The smallest absolute Gasteiger partial charge is 0.264 e. The number of nitrogens with zero attached hydrogens (tertiary/aromatic N) is 5. The van der Waals surface area contributed by atoms with Gasteiger partial charge in [-0.25, -0.2) is 0 Å². The number of fused-ring (bicyclic) bond motifs is 3. The molecular formula is C43H41N5O5. The van der Waals surface area contributed by atoms with Crippen LogP contribution in [0.2, 0.25) is 0 Å². The van der Waals surface area contributed by atoms with E-state index in [0.29, 0.717) is 46.2 Å². The Kier molecular flexibility index (Phi) is 8.19. The van der Waals surface area contributed by atoms with E-state index in [4.69, 9.17) is 9.47 Å². The van der Waals surface area contributed by atoms with Gasteiger partial charge in [-0.3, -0.25) is 14.5 Å². The van der Waals surface area contributed by atoms with Gasteiger partial charge in [-0.2, -0.15) is 0 Å². The summed E-state index contributed by atoms with van der Waals surface area (Å²) in [5, 5.41) is 11.1. The van der Waals surface area contributed by atoms with Gasteiger partial charge in [0.05, 0.1) is 16.8 Å². The number of rotatable bonds is 7. The van der Waals surface area contributed by atoms with E-state index in [1.54, 1.807) is 41.4 Å². The van der Waals surface area contributed by atoms with Crippen LogP contribution < -0.4 is 14.4 Å². The van der Waals surface area contributed by atoms with Gasteiger partial charge < -0.3 is 33.5 Å². The number of carbonyl (C=O) groups excluding carboxylic acids is 2. The lowest BCUT2D eigenvalue weighted by Gasteiger charge is -2.39. The Morgan fingerprint density at radius 3 is 2.40 bits per heavy atom. The summed E-state index contributed by atoms with van der Waals surface area (Å²) in [7, 11) is 1.99. The van der Waals surface area contributed by atoms with Gasteiger partial charge in [0.25, 0.3) is 11.8 Å². The fourth-order valence-electron chi connectivity index (χ4n) is 8.18. The molecule has 10 heteroatoms. The number of hydrogen-bond acceptors (Lipinski definition) is 6. The Morgan fingerprint density at radius 2 is 1.60 bits per heavy atom. The van der Waals surface area contributed by atoms with Crippen LogP contribution in [0.3, 0.4) is 0 Å². The second-order valence-corrected chi connectivity index (χ2v) is 14.4. The van der Waals surface area contributed by atoms with Gasteiger partial charge in [0, 0.05) is 72.6 Å². The van der Waals surface area contributed by atoms with Crippen LogP contribution >= 0.6 is 0 Å². The Balaban J connectivity index is 1.11. The van der Waals surface area contributed by atoms with Crippen LogP contribution in [0.5, 0.6) is 17.2 Å². The molecule has 1 fully saturated rings. The number of anilines is 2. The molecule has 0 radical (unpaired) electrons. The van der Waals surface area contributed by atoms with E-state index in [0.717, 1.165) is 48.2 Å². The molecule has 2 aromatic heterocycles. The van der Waals surface area contributed by atoms with Crippen molar-refractivity contribution in [2.24, 2.45) is 7.05 Å². The van der Waals surface area contributed by atoms with Crippen LogP contribution in [0.4, 0.5) is 11.4 Å². The molecule has 53 heavy (non-hydrogen) atoms. The van der Waals surface area contributed by atoms with E-state index in [9.17, 15) is 14.7 Å². The van der Waals surface area contributed by atoms with E-state index >= 15 is 0 Å². The van der Waals surface area contributed by atoms with Gasteiger partial charge >= 0.3 is 0 Å². The largest absolute Gasteiger partial charge is 0.508 e. The zero-order valence-electron chi connectivity index (χ0n) is 29.9. The molecule has 4 aromatic carbocycles. The highest BCUT2D eigenvalue weighted by molar-refractivity contribution is 6.12. The molecule has 3 aliphatic heterocycles. The van der Waals surface area contributed by atoms with Crippen LogP contribution in [0.15, 0.2) is 103 Å². The average molecular weight is 708 g/mol. The van der Waals surface area contributed by atoms with Gasteiger partial charge in [0.2, 0.25) is 6.79 Å². The number of aromatic nitrogens is 2. The highest BCUT2D eigenvalue weighted by Gasteiger charge is 2.35. The highest BCUT2D eigenvalue weighted by Crippen LogP contribution is 2.39. The van der Waals surface area contributed by atoms with Crippen molar-refractivity contribution in [1.82, 2.24) is 18.9 Å². The van der Waals surface area contributed by atoms with E-state index in [2.05, 4.69) is 23.1 Å². The average Bonchev–Trinajstić information content (AvgIpc) is 4.00. The summed E-state index contributed by atoms with van der Waals surface area (Å²) in [6.45, 7) is 5.45. The third kappa shape index (κ3) is 5.98. The lowest BCUT2D eigenvalue weighted by Crippen LogP contribution is -2.49. The Hall–Kier alpha value is -6.00. The quantitative estimate of drug-likeness (QED) is 0.187. The monoisotopic (exact) mass is 707 g/mol. The molecule has 1 N–H and O–H groups in total. The van der Waals surface area contributed by atoms with Crippen molar-refractivity contribution in [2.45, 2.75) is 38.8 Å². The first kappa shape index (κ1) is 32.9. The third-order valence-electron chi connectivity index (χ3n) is 11.0. The minimum atomic E-state index is -0.250. The van der Waals surface area contributed by atoms with Crippen molar-refractivity contribution in [3.63, 3.8) is 0 Å². The zero-order chi connectivity index (χ0) is 36.2. The number of carbonyl (C=O) groups is 2. The van der Waals surface area contributed by atoms with Crippen LogP contribution in [-0.2, 0) is 20.0 Å². The van der Waals surface area contributed by atoms with Gasteiger partial charge in [-0.05, 0) is 111 Å². The van der Waals surface area contributed by atoms with Crippen LogP contribution in [0, 0.1) is 6.92 Å². The molecule has 9 rings (SSSR count). The summed E-state index contributed by atoms with van der Waals surface area (Å²) < 4.78 is 15.6. The van der Waals surface area contributed by atoms with Gasteiger partial charge in [-0.1, -0.05) is 24.3 Å². The van der Waals surface area contributed by atoms with E-state index in [1.807, 2.05) is 76.7 Å². The van der Waals surface area contributed by atoms with E-state index in [1.165, 1.54) is 18.4 Å². The maximum atomic E-state index is 15.0. The fraction of sp³-hybridized carbons (Fsp3) is 0.256. The molecule has 6 aromatic rings. The Bertz CT molecular complexity index is 2370. The van der Waals surface area contributed by atoms with Crippen molar-refractivity contribution in [1.29, 1.82) is 0 Å². The first-order chi connectivity index (χ1) is 25.8. The maximum Gasteiger partial charge on any atom is 0.264 e. The number of phenols is 1. The van der Waals surface area contributed by atoms with Crippen molar-refractivity contribution < 1.29 is 24.2 Å². The molecule has 0 aliphatic carbocycles. The van der Waals surface area contributed by atoms with Crippen LogP contribution in [0.25, 0.3) is 16.6 Å². The second-order valence-electron chi connectivity index (χ2n) is 14.4. The molecule has 5 heterocycles. The Morgan fingerprint density at radius 1 is 0.868 bits per heavy atom. The van der Waals surface area contributed by atoms with Crippen molar-refractivity contribution in [3.8, 4) is 22.9 Å². The number of hydrogen-bond donors (Lipinski definition) is 1. The highest BCUT2D eigenvalue weighted by atomic mass is 16.7. The minimum Gasteiger partial charge on any atom is -0.508 e. The standard InChI is InChI=1S/C43H41N5O5/c1-28-19-32(42(50)48(33-9-12-36(49)13-10-33)34-11-14-38-30(21-34)15-18-44(38)2)25-46(28)39-23-41-40(52-27-53-41)22-37(39)43(51)47-24-31-8-4-3-7-29(31)20-35(47)26-45-16-5-6-17-45/h3-4,7-15,18-19,21-23,25,35,49H,5-6,16-17,20,24,26-27H2,1-2H3/t35-/m0/s1. The first-order valence-corrected chi connectivity index (χ1v) is 18.2. The molecular weight excluding hydrogens is 667 g/mol. The molecule has 1 atom stereocenters. The van der Waals surface area contributed by atoms with Crippen molar-refractivity contribution in [3.05, 3.63) is 131 Å². The molecule has 0 unspecified atom stereocenters. The predicted molar refractivity (Wildman–Crippen MR) is 204 cm³/mol. The summed E-state index contributed by atoms with van der Waals surface area (Å²) in [4.78, 5) is 35.8. The van der Waals surface area contributed by atoms with Crippen LogP contribution in [0.1, 0.15) is 50.4 Å². The van der Waals surface area contributed by atoms with Gasteiger partial charge in [0.1, 0.15) is 5.75 Å². The molecule has 268 valence electrons. The van der Waals surface area contributed by atoms with Crippen molar-refractivity contribution in [2.75, 3.05) is 31.3 Å². The lowest BCUT2D eigenvalue weighted by atomic mass is 9.92. The molecule has 10 nitrogen and oxygen atoms in total. The van der Waals surface area contributed by atoms with E-state index < -0.39 is 0 Å². The first-order valence-electron chi connectivity index (χ1n) is 18.2. The summed E-state index contributed by atoms with van der Waals surface area (Å²) in [6.07, 6.45) is 6.95. The predicted octanol–water partition coefficient (Wildman–Crippen LogP) is 7.35. The zero-order valence-corrected chi connectivity index (χ0v) is 29.9. The fourth-order valence-corrected chi connectivity index (χ4v) is 8.18.